The van der Waals surface area contributed by atoms with E-state index in [4.69, 9.17) is 14.5 Å². The number of hydrogen-bond acceptors (Lipinski definition) is 9. The van der Waals surface area contributed by atoms with Crippen LogP contribution in [-0.2, 0) is 24.3 Å². The first kappa shape index (κ1) is 34.9. The summed E-state index contributed by atoms with van der Waals surface area (Å²) in [6.07, 6.45) is 7.03. The van der Waals surface area contributed by atoms with Crippen LogP contribution in [0.15, 0.2) is 66.7 Å². The molecule has 13 nitrogen and oxygen atoms in total. The van der Waals surface area contributed by atoms with Crippen LogP contribution in [0.3, 0.4) is 0 Å². The largest absolute Gasteiger partial charge is 0.497 e. The number of hydrogen-bond donors (Lipinski definition) is 3. The maximum Gasteiger partial charge on any atom is 0.338 e. The van der Waals surface area contributed by atoms with Crippen LogP contribution in [0, 0.1) is 5.92 Å². The van der Waals surface area contributed by atoms with Crippen molar-refractivity contribution in [2.45, 2.75) is 61.8 Å². The van der Waals surface area contributed by atoms with E-state index in [1.165, 1.54) is 4.90 Å². The van der Waals surface area contributed by atoms with E-state index in [2.05, 4.69) is 15.4 Å². The molecule has 0 saturated heterocycles. The second-order valence-electron chi connectivity index (χ2n) is 13.0. The van der Waals surface area contributed by atoms with Gasteiger partial charge in [0.1, 0.15) is 17.3 Å². The van der Waals surface area contributed by atoms with Crippen LogP contribution in [0.1, 0.15) is 55.3 Å². The van der Waals surface area contributed by atoms with Crippen molar-refractivity contribution in [1.29, 1.82) is 0 Å². The minimum Gasteiger partial charge on any atom is -0.497 e. The molecule has 6 rings (SSSR count). The molecular formula is C36H41N5O8S. The third kappa shape index (κ3) is 7.75. The predicted molar refractivity (Wildman–Crippen MR) is 186 cm³/mol. The molecule has 4 amide bonds. The van der Waals surface area contributed by atoms with Gasteiger partial charge in [-0.3, -0.25) is 14.3 Å². The molecule has 0 bridgehead atoms. The van der Waals surface area contributed by atoms with Crippen LogP contribution in [0.4, 0.5) is 4.79 Å². The first-order valence-corrected chi connectivity index (χ1v) is 18.3. The van der Waals surface area contributed by atoms with Crippen LogP contribution in [0.2, 0.25) is 0 Å². The number of allylic oxidation sites excluding steroid dienone is 1. The zero-order valence-electron chi connectivity index (χ0n) is 28.0. The Morgan fingerprint density at radius 2 is 1.86 bits per heavy atom. The lowest BCUT2D eigenvalue weighted by molar-refractivity contribution is -0.130. The number of aromatic nitrogens is 1. The maximum atomic E-state index is 13.8. The summed E-state index contributed by atoms with van der Waals surface area (Å²) < 4.78 is 38.5. The van der Waals surface area contributed by atoms with Gasteiger partial charge in [-0.1, -0.05) is 42.5 Å². The van der Waals surface area contributed by atoms with Crippen molar-refractivity contribution in [1.82, 2.24) is 25.2 Å². The van der Waals surface area contributed by atoms with E-state index in [0.717, 1.165) is 18.4 Å². The van der Waals surface area contributed by atoms with Crippen LogP contribution in [-0.4, -0.2) is 86.3 Å². The van der Waals surface area contributed by atoms with Crippen LogP contribution in [0.25, 0.3) is 22.2 Å². The summed E-state index contributed by atoms with van der Waals surface area (Å²) >= 11 is 0. The van der Waals surface area contributed by atoms with E-state index in [0.29, 0.717) is 48.2 Å². The van der Waals surface area contributed by atoms with Gasteiger partial charge in [0.05, 0.1) is 35.7 Å². The Labute approximate surface area is 290 Å². The van der Waals surface area contributed by atoms with Crippen molar-refractivity contribution in [2.75, 3.05) is 27.3 Å². The Hall–Kier alpha value is -4.98. The van der Waals surface area contributed by atoms with Crippen molar-refractivity contribution in [3.63, 3.8) is 0 Å². The lowest BCUT2D eigenvalue weighted by atomic mass is 10.0. The topological polar surface area (TPSA) is 173 Å². The third-order valence-corrected chi connectivity index (χ3v) is 11.2. The number of fused-ring (bicyclic) bond motifs is 2. The number of carbonyl (C=O) groups excluding carboxylic acids is 4. The molecule has 50 heavy (non-hydrogen) atoms. The average Bonchev–Trinajstić information content (AvgIpc) is 4.05. The molecule has 3 N–H and O–H groups in total. The van der Waals surface area contributed by atoms with E-state index in [1.54, 1.807) is 38.4 Å². The SMILES string of the molecule is COc1ccc2c(C(=O)OCC[C@@H]3NC(=O)N(C)CCCC/C=C\C4C[C@@]4(C(=O)NS(=O)(=O)C4CC4)NC3=O)cc(-c3ccccc3)nc2c1. The van der Waals surface area contributed by atoms with Crippen LogP contribution < -0.4 is 20.1 Å². The molecule has 14 heteroatoms. The molecule has 2 aliphatic carbocycles. The zero-order chi connectivity index (χ0) is 35.5. The van der Waals surface area contributed by atoms with Gasteiger partial charge in [-0.05, 0) is 56.7 Å². The number of methoxy groups -OCH3 is 1. The highest BCUT2D eigenvalue weighted by Gasteiger charge is 2.61. The van der Waals surface area contributed by atoms with Crippen molar-refractivity contribution >= 4 is 44.7 Å². The van der Waals surface area contributed by atoms with Gasteiger partial charge >= 0.3 is 12.0 Å². The lowest BCUT2D eigenvalue weighted by Gasteiger charge is -2.26. The van der Waals surface area contributed by atoms with Gasteiger partial charge in [0.15, 0.2) is 0 Å². The minimum atomic E-state index is -3.87. The molecule has 3 aliphatic rings. The molecule has 1 aliphatic heterocycles. The smallest absolute Gasteiger partial charge is 0.338 e. The average molecular weight is 704 g/mol. The summed E-state index contributed by atoms with van der Waals surface area (Å²) in [6.45, 7) is 0.210. The van der Waals surface area contributed by atoms with Gasteiger partial charge in [-0.2, -0.15) is 0 Å². The molecule has 3 aromatic rings. The highest BCUT2D eigenvalue weighted by Crippen LogP contribution is 2.45. The maximum absolute atomic E-state index is 13.8. The molecule has 2 fully saturated rings. The molecule has 264 valence electrons. The van der Waals surface area contributed by atoms with Crippen LogP contribution in [0.5, 0.6) is 5.75 Å². The highest BCUT2D eigenvalue weighted by atomic mass is 32.2. The number of amides is 4. The monoisotopic (exact) mass is 703 g/mol. The number of esters is 1. The molecule has 2 saturated carbocycles. The normalized spacial score (nSPS) is 23.4. The predicted octanol–water partition coefficient (Wildman–Crippen LogP) is 3.69. The van der Waals surface area contributed by atoms with Crippen molar-refractivity contribution < 1.29 is 37.1 Å². The van der Waals surface area contributed by atoms with Crippen molar-refractivity contribution in [2.24, 2.45) is 5.92 Å². The number of nitrogens with one attached hydrogen (secondary N) is 3. The Balaban J connectivity index is 1.22. The number of urea groups is 1. The minimum absolute atomic E-state index is 0.113. The third-order valence-electron chi connectivity index (χ3n) is 9.35. The highest BCUT2D eigenvalue weighted by molar-refractivity contribution is 7.91. The Morgan fingerprint density at radius 3 is 2.60 bits per heavy atom. The number of carbonyl (C=O) groups is 4. The summed E-state index contributed by atoms with van der Waals surface area (Å²) in [6, 6.07) is 14.5. The molecule has 1 aromatic heterocycles. The van der Waals surface area contributed by atoms with E-state index in [-0.39, 0.29) is 25.0 Å². The fourth-order valence-electron chi connectivity index (χ4n) is 6.08. The summed E-state index contributed by atoms with van der Waals surface area (Å²) in [4.78, 5) is 60.2. The van der Waals surface area contributed by atoms with Crippen molar-refractivity contribution in [3.8, 4) is 17.0 Å². The second kappa shape index (κ2) is 14.5. The van der Waals surface area contributed by atoms with E-state index >= 15 is 0 Å². The molecule has 0 radical (unpaired) electrons. The molecule has 3 atom stereocenters. The quantitative estimate of drug-likeness (QED) is 0.222. The second-order valence-corrected chi connectivity index (χ2v) is 15.0. The van der Waals surface area contributed by atoms with E-state index in [1.807, 2.05) is 42.5 Å². The summed E-state index contributed by atoms with van der Waals surface area (Å²) in [5, 5.41) is 5.40. The molecule has 2 aromatic carbocycles. The summed E-state index contributed by atoms with van der Waals surface area (Å²) in [7, 11) is -0.705. The number of benzene rings is 2. The fourth-order valence-corrected chi connectivity index (χ4v) is 7.44. The first-order valence-electron chi connectivity index (χ1n) is 16.8. The zero-order valence-corrected chi connectivity index (χ0v) is 28.8. The van der Waals surface area contributed by atoms with Crippen LogP contribution >= 0.6 is 0 Å². The van der Waals surface area contributed by atoms with Crippen molar-refractivity contribution in [3.05, 3.63) is 72.3 Å². The summed E-state index contributed by atoms with van der Waals surface area (Å²) in [5.41, 5.74) is 0.648. The van der Waals surface area contributed by atoms with E-state index in [9.17, 15) is 27.6 Å². The summed E-state index contributed by atoms with van der Waals surface area (Å²) in [5.74, 6) is -2.00. The van der Waals surface area contributed by atoms with E-state index < -0.39 is 56.6 Å². The molecule has 0 spiro atoms. The number of nitrogens with zero attached hydrogens (tertiary/aromatic N) is 2. The van der Waals surface area contributed by atoms with Gasteiger partial charge < -0.3 is 25.0 Å². The van der Waals surface area contributed by atoms with Gasteiger partial charge in [-0.15, -0.1) is 0 Å². The number of pyridine rings is 1. The number of rotatable bonds is 9. The van der Waals surface area contributed by atoms with Gasteiger partial charge in [-0.25, -0.2) is 23.0 Å². The molecular weight excluding hydrogens is 662 g/mol. The molecule has 1 unspecified atom stereocenters. The van der Waals surface area contributed by atoms with Gasteiger partial charge in [0.2, 0.25) is 15.9 Å². The lowest BCUT2D eigenvalue weighted by Crippen LogP contribution is -2.58. The molecule has 2 heterocycles. The Bertz CT molecular complexity index is 1930. The standard InChI is InChI=1S/C36H41N5O8S/c1-41-18-9-4-3-8-12-24-22-36(24,34(44)40-50(46,47)26-14-15-26)39-32(42)29(38-35(41)45)17-19-49-33(43)28-21-30(23-10-6-5-7-11-23)37-31-20-25(48-2)13-16-27(28)31/h5-8,10-13,16,20-21,24,26,29H,3-4,9,14-15,17-19,22H2,1-2H3,(H,38,45)(H,39,42)(H,40,44)/b12-8-/t24?,29-,36+/m0/s1. The van der Waals surface area contributed by atoms with Gasteiger partial charge in [0.25, 0.3) is 5.91 Å². The fraction of sp³-hybridized carbons (Fsp3) is 0.417. The number of ether oxygens (including phenoxy) is 2. The Morgan fingerprint density at radius 1 is 1.08 bits per heavy atom. The number of sulfonamides is 1. The van der Waals surface area contributed by atoms with Gasteiger partial charge in [0, 0.05) is 42.9 Å². The Kier molecular flexibility index (Phi) is 10.1. The first-order chi connectivity index (χ1) is 24.0.